The predicted molar refractivity (Wildman–Crippen MR) is 105 cm³/mol. The number of nitrogens with one attached hydrogen (secondary N) is 1. The van der Waals surface area contributed by atoms with Gasteiger partial charge in [0.05, 0.1) is 25.0 Å². The van der Waals surface area contributed by atoms with Gasteiger partial charge in [-0.2, -0.15) is 0 Å². The highest BCUT2D eigenvalue weighted by Crippen LogP contribution is 2.31. The summed E-state index contributed by atoms with van der Waals surface area (Å²) in [5.41, 5.74) is 3.88. The van der Waals surface area contributed by atoms with Crippen molar-refractivity contribution in [2.45, 2.75) is 45.9 Å². The Balaban J connectivity index is 1.69. The van der Waals surface area contributed by atoms with Gasteiger partial charge in [-0.05, 0) is 56.5 Å². The lowest BCUT2D eigenvalue weighted by molar-refractivity contribution is 0.0523. The molecule has 6 nitrogen and oxygen atoms in total. The molecule has 0 bridgehead atoms. The van der Waals surface area contributed by atoms with E-state index >= 15 is 0 Å². The number of aromatic nitrogens is 1. The summed E-state index contributed by atoms with van der Waals surface area (Å²) in [6, 6.07) is 10.1. The average Bonchev–Trinajstić information content (AvgIpc) is 2.64. The van der Waals surface area contributed by atoms with E-state index in [1.54, 1.807) is 7.11 Å². The van der Waals surface area contributed by atoms with Gasteiger partial charge in [-0.15, -0.1) is 0 Å². The molecule has 1 aromatic heterocycles. The van der Waals surface area contributed by atoms with Gasteiger partial charge in [-0.1, -0.05) is 12.1 Å². The van der Waals surface area contributed by atoms with Crippen molar-refractivity contribution in [1.29, 1.82) is 0 Å². The molecule has 0 radical (unpaired) electrons. The molecule has 1 N–H and O–H groups in total. The van der Waals surface area contributed by atoms with E-state index in [0.717, 1.165) is 36.6 Å². The summed E-state index contributed by atoms with van der Waals surface area (Å²) in [7, 11) is 1.70. The third kappa shape index (κ3) is 4.90. The first kappa shape index (κ1) is 19.0. The molecule has 0 unspecified atom stereocenters. The zero-order valence-electron chi connectivity index (χ0n) is 16.4. The maximum atomic E-state index is 11.8. The minimum absolute atomic E-state index is 0.344. The second-order valence-electron chi connectivity index (χ2n) is 7.64. The van der Waals surface area contributed by atoms with Crippen LogP contribution in [0.25, 0.3) is 0 Å². The number of anilines is 1. The highest BCUT2D eigenvalue weighted by Gasteiger charge is 2.20. The Morgan fingerprint density at radius 2 is 2.04 bits per heavy atom. The highest BCUT2D eigenvalue weighted by atomic mass is 16.6. The summed E-state index contributed by atoms with van der Waals surface area (Å²) in [5, 5.41) is 2.77. The number of nitrogens with zero attached hydrogens (tertiary/aromatic N) is 2. The minimum Gasteiger partial charge on any atom is -0.495 e. The largest absolute Gasteiger partial charge is 0.495 e. The van der Waals surface area contributed by atoms with E-state index in [-0.39, 0.29) is 0 Å². The zero-order chi connectivity index (χ0) is 19.4. The van der Waals surface area contributed by atoms with Gasteiger partial charge >= 0.3 is 6.09 Å². The summed E-state index contributed by atoms with van der Waals surface area (Å²) in [6.07, 6.45) is 2.42. The first-order chi connectivity index (χ1) is 12.9. The molecule has 1 aliphatic heterocycles. The smallest absolute Gasteiger partial charge is 0.407 e. The van der Waals surface area contributed by atoms with Crippen molar-refractivity contribution in [3.05, 3.63) is 53.3 Å². The summed E-state index contributed by atoms with van der Waals surface area (Å²) >= 11 is 0. The summed E-state index contributed by atoms with van der Waals surface area (Å²) in [6.45, 7) is 7.58. The number of alkyl carbamates (subject to hydrolysis) is 1. The number of rotatable bonds is 4. The molecule has 0 saturated heterocycles. The van der Waals surface area contributed by atoms with E-state index in [0.29, 0.717) is 6.54 Å². The van der Waals surface area contributed by atoms with Crippen LogP contribution < -0.4 is 15.0 Å². The number of amides is 1. The van der Waals surface area contributed by atoms with Gasteiger partial charge in [-0.3, -0.25) is 4.98 Å². The Hall–Kier alpha value is -2.76. The minimum atomic E-state index is -0.511. The van der Waals surface area contributed by atoms with Crippen LogP contribution in [-0.4, -0.2) is 30.3 Å². The van der Waals surface area contributed by atoms with Crippen LogP contribution in [0.5, 0.6) is 5.75 Å². The first-order valence-corrected chi connectivity index (χ1v) is 9.17. The Kier molecular flexibility index (Phi) is 5.54. The molecule has 3 rings (SSSR count). The lowest BCUT2D eigenvalue weighted by Gasteiger charge is -2.31. The highest BCUT2D eigenvalue weighted by molar-refractivity contribution is 5.67. The molecule has 0 fully saturated rings. The zero-order valence-corrected chi connectivity index (χ0v) is 16.4. The normalized spacial score (nSPS) is 13.7. The van der Waals surface area contributed by atoms with Crippen LogP contribution in [0.15, 0.2) is 36.5 Å². The first-order valence-electron chi connectivity index (χ1n) is 9.17. The number of pyridine rings is 1. The van der Waals surface area contributed by atoms with E-state index in [9.17, 15) is 4.79 Å². The number of carbonyl (C=O) groups is 1. The van der Waals surface area contributed by atoms with Crippen LogP contribution in [0.1, 0.15) is 37.6 Å². The van der Waals surface area contributed by atoms with E-state index in [4.69, 9.17) is 9.47 Å². The number of ether oxygens (including phenoxy) is 2. The lowest BCUT2D eigenvalue weighted by atomic mass is 10.0. The fraction of sp³-hybridized carbons (Fsp3) is 0.429. The Morgan fingerprint density at radius 1 is 1.26 bits per heavy atom. The topological polar surface area (TPSA) is 63.7 Å². The monoisotopic (exact) mass is 369 g/mol. The molecule has 2 aromatic rings. The predicted octanol–water partition coefficient (Wildman–Crippen LogP) is 3.68. The van der Waals surface area contributed by atoms with Crippen LogP contribution in [-0.2, 0) is 24.2 Å². The van der Waals surface area contributed by atoms with E-state index in [2.05, 4.69) is 27.3 Å². The third-order valence-electron chi connectivity index (χ3n) is 4.39. The molecule has 0 spiro atoms. The average molecular weight is 369 g/mol. The fourth-order valence-corrected chi connectivity index (χ4v) is 3.16. The standard InChI is InChI=1S/C21H27N3O3/c1-21(2,3)27-20(25)23-13-17-11-16-14-24(10-9-15(16)12-22-17)18-7-5-6-8-19(18)26-4/h5-8,11-12H,9-10,13-14H2,1-4H3,(H,23,25). The second-order valence-corrected chi connectivity index (χ2v) is 7.64. The number of hydrogen-bond acceptors (Lipinski definition) is 5. The summed E-state index contributed by atoms with van der Waals surface area (Å²) < 4.78 is 10.8. The van der Waals surface area contributed by atoms with Crippen molar-refractivity contribution in [2.75, 3.05) is 18.6 Å². The number of hydrogen-bond donors (Lipinski definition) is 1. The number of methoxy groups -OCH3 is 1. The molecule has 0 atom stereocenters. The maximum Gasteiger partial charge on any atom is 0.407 e. The Morgan fingerprint density at radius 3 is 2.78 bits per heavy atom. The van der Waals surface area contributed by atoms with Crippen LogP contribution in [0.3, 0.4) is 0 Å². The molecule has 1 aromatic carbocycles. The lowest BCUT2D eigenvalue weighted by Crippen LogP contribution is -2.33. The van der Waals surface area contributed by atoms with Gasteiger partial charge in [0.2, 0.25) is 0 Å². The van der Waals surface area contributed by atoms with Crippen LogP contribution >= 0.6 is 0 Å². The number of fused-ring (bicyclic) bond motifs is 1. The molecule has 1 aliphatic rings. The van der Waals surface area contributed by atoms with Gasteiger partial charge in [0, 0.05) is 19.3 Å². The Bertz CT molecular complexity index is 815. The van der Waals surface area contributed by atoms with Crippen molar-refractivity contribution in [2.24, 2.45) is 0 Å². The number of benzene rings is 1. The quantitative estimate of drug-likeness (QED) is 0.891. The summed E-state index contributed by atoms with van der Waals surface area (Å²) in [4.78, 5) is 18.6. The second kappa shape index (κ2) is 7.86. The SMILES string of the molecule is COc1ccccc1N1CCc2cnc(CNC(=O)OC(C)(C)C)cc2C1. The van der Waals surface area contributed by atoms with Crippen molar-refractivity contribution in [3.63, 3.8) is 0 Å². The van der Waals surface area contributed by atoms with Crippen molar-refractivity contribution in [1.82, 2.24) is 10.3 Å². The van der Waals surface area contributed by atoms with Gasteiger partial charge < -0.3 is 19.7 Å². The molecule has 1 amide bonds. The van der Waals surface area contributed by atoms with Crippen LogP contribution in [0.2, 0.25) is 0 Å². The van der Waals surface area contributed by atoms with Crippen molar-refractivity contribution < 1.29 is 14.3 Å². The van der Waals surface area contributed by atoms with Crippen molar-refractivity contribution in [3.8, 4) is 5.75 Å². The number of para-hydroxylation sites is 2. The fourth-order valence-electron chi connectivity index (χ4n) is 3.16. The van der Waals surface area contributed by atoms with E-state index in [1.807, 2.05) is 45.2 Å². The molecule has 144 valence electrons. The molecular weight excluding hydrogens is 342 g/mol. The maximum absolute atomic E-state index is 11.8. The van der Waals surface area contributed by atoms with Gasteiger partial charge in [0.1, 0.15) is 11.4 Å². The van der Waals surface area contributed by atoms with Gasteiger partial charge in [0.25, 0.3) is 0 Å². The van der Waals surface area contributed by atoms with Crippen LogP contribution in [0, 0.1) is 0 Å². The molecule has 0 saturated carbocycles. The third-order valence-corrected chi connectivity index (χ3v) is 4.39. The summed E-state index contributed by atoms with van der Waals surface area (Å²) in [5.74, 6) is 0.877. The molecule has 27 heavy (non-hydrogen) atoms. The van der Waals surface area contributed by atoms with E-state index < -0.39 is 11.7 Å². The van der Waals surface area contributed by atoms with Crippen LogP contribution in [0.4, 0.5) is 10.5 Å². The molecule has 0 aliphatic carbocycles. The molecular formula is C21H27N3O3. The van der Waals surface area contributed by atoms with Crippen molar-refractivity contribution >= 4 is 11.8 Å². The van der Waals surface area contributed by atoms with E-state index in [1.165, 1.54) is 11.1 Å². The molecule has 2 heterocycles. The Labute approximate surface area is 160 Å². The number of carbonyl (C=O) groups excluding carboxylic acids is 1. The van der Waals surface area contributed by atoms with Gasteiger partial charge in [0.15, 0.2) is 0 Å². The van der Waals surface area contributed by atoms with Gasteiger partial charge in [-0.25, -0.2) is 4.79 Å². The molecule has 6 heteroatoms.